The summed E-state index contributed by atoms with van der Waals surface area (Å²) in [7, 11) is 0. The molecule has 2 saturated carbocycles. The van der Waals surface area contributed by atoms with Crippen molar-refractivity contribution in [3.8, 4) is 0 Å². The molecule has 166 valence electrons. The van der Waals surface area contributed by atoms with Crippen molar-refractivity contribution in [1.82, 2.24) is 9.78 Å². The second-order valence-electron chi connectivity index (χ2n) is 9.52. The van der Waals surface area contributed by atoms with Crippen LogP contribution in [0.1, 0.15) is 61.0 Å². The Morgan fingerprint density at radius 3 is 2.53 bits per heavy atom. The molecule has 1 atom stereocenters. The van der Waals surface area contributed by atoms with Gasteiger partial charge in [-0.3, -0.25) is 14.3 Å². The molecule has 32 heavy (non-hydrogen) atoms. The summed E-state index contributed by atoms with van der Waals surface area (Å²) in [5.41, 5.74) is 2.74. The number of ketones is 1. The van der Waals surface area contributed by atoms with Gasteiger partial charge in [-0.25, -0.2) is 0 Å². The second-order valence-corrected chi connectivity index (χ2v) is 11.2. The molecule has 3 aromatic rings. The first-order chi connectivity index (χ1) is 15.3. The smallest absolute Gasteiger partial charge is 0.306 e. The standard InChI is InChI=1S/C25H24ClIN2O3/c1-14(16-2-4-18(27)5-3-16)29-23-19(6-7-21(26)20(23)13-28-29)22(30)8-15-9-25(10-15)11-17(12-25)24(31)32/h2-7,13-15,17H,8-12H2,1H3,(H,31,32). The Morgan fingerprint density at radius 2 is 1.88 bits per heavy atom. The minimum atomic E-state index is -0.686. The largest absolute Gasteiger partial charge is 0.481 e. The number of carboxylic acids is 1. The quantitative estimate of drug-likeness (QED) is 0.280. The number of nitrogens with zero attached hydrogens (tertiary/aromatic N) is 2. The van der Waals surface area contributed by atoms with Crippen LogP contribution in [0.15, 0.2) is 42.6 Å². The fourth-order valence-electron chi connectivity index (χ4n) is 5.71. The first kappa shape index (κ1) is 21.9. The van der Waals surface area contributed by atoms with Gasteiger partial charge in [0.2, 0.25) is 0 Å². The zero-order chi connectivity index (χ0) is 22.6. The number of fused-ring (bicyclic) bond motifs is 1. The normalized spacial score (nSPS) is 25.3. The molecule has 2 aliphatic rings. The van der Waals surface area contributed by atoms with Crippen LogP contribution < -0.4 is 0 Å². The molecule has 5 nitrogen and oxygen atoms in total. The van der Waals surface area contributed by atoms with Gasteiger partial charge in [0, 0.05) is 20.9 Å². The van der Waals surface area contributed by atoms with Gasteiger partial charge in [-0.2, -0.15) is 5.10 Å². The molecule has 1 aromatic heterocycles. The van der Waals surface area contributed by atoms with Gasteiger partial charge in [0.1, 0.15) is 0 Å². The van der Waals surface area contributed by atoms with Crippen molar-refractivity contribution in [2.45, 2.75) is 45.1 Å². The van der Waals surface area contributed by atoms with Crippen molar-refractivity contribution in [3.63, 3.8) is 0 Å². The topological polar surface area (TPSA) is 72.2 Å². The average Bonchev–Trinajstić information content (AvgIpc) is 3.14. The number of aromatic nitrogens is 2. The highest BCUT2D eigenvalue weighted by Gasteiger charge is 2.54. The van der Waals surface area contributed by atoms with E-state index in [0.29, 0.717) is 22.9 Å². The van der Waals surface area contributed by atoms with Gasteiger partial charge in [-0.1, -0.05) is 23.7 Å². The number of benzene rings is 2. The molecule has 1 unspecified atom stereocenters. The maximum Gasteiger partial charge on any atom is 0.306 e. The lowest BCUT2D eigenvalue weighted by Gasteiger charge is -2.56. The Morgan fingerprint density at radius 1 is 1.19 bits per heavy atom. The van der Waals surface area contributed by atoms with E-state index in [1.54, 1.807) is 12.3 Å². The molecule has 0 bridgehead atoms. The number of carbonyl (C=O) groups is 2. The van der Waals surface area contributed by atoms with Crippen LogP contribution in [-0.2, 0) is 4.79 Å². The third-order valence-electron chi connectivity index (χ3n) is 7.35. The van der Waals surface area contributed by atoms with Crippen LogP contribution in [0.5, 0.6) is 0 Å². The van der Waals surface area contributed by atoms with Crippen LogP contribution in [-0.4, -0.2) is 26.6 Å². The molecular weight excluding hydrogens is 539 g/mol. The number of hydrogen-bond donors (Lipinski definition) is 1. The van der Waals surface area contributed by atoms with Gasteiger partial charge in [-0.05, 0) is 96.4 Å². The SMILES string of the molecule is CC(c1ccc(I)cc1)n1ncc2c(Cl)ccc(C(=O)CC3CC4(C3)CC(C(=O)O)C4)c21. The summed E-state index contributed by atoms with van der Waals surface area (Å²) in [4.78, 5) is 24.5. The number of hydrogen-bond acceptors (Lipinski definition) is 3. The molecule has 0 radical (unpaired) electrons. The van der Waals surface area contributed by atoms with Crippen molar-refractivity contribution in [3.05, 3.63) is 62.3 Å². The third kappa shape index (κ3) is 3.75. The molecule has 0 aliphatic heterocycles. The van der Waals surface area contributed by atoms with E-state index < -0.39 is 5.97 Å². The van der Waals surface area contributed by atoms with Gasteiger partial charge in [0.25, 0.3) is 0 Å². The van der Waals surface area contributed by atoms with E-state index in [2.05, 4.69) is 58.9 Å². The highest BCUT2D eigenvalue weighted by molar-refractivity contribution is 14.1. The number of carboxylic acid groups (broad SMARTS) is 1. The number of halogens is 2. The van der Waals surface area contributed by atoms with Crippen molar-refractivity contribution in [2.75, 3.05) is 0 Å². The maximum atomic E-state index is 13.3. The molecule has 5 rings (SSSR count). The van der Waals surface area contributed by atoms with E-state index >= 15 is 0 Å². The van der Waals surface area contributed by atoms with Crippen LogP contribution in [0.2, 0.25) is 5.02 Å². The van der Waals surface area contributed by atoms with Gasteiger partial charge in [0.05, 0.1) is 28.7 Å². The summed E-state index contributed by atoms with van der Waals surface area (Å²) in [5, 5.41) is 15.1. The molecule has 2 fully saturated rings. The van der Waals surface area contributed by atoms with Crippen molar-refractivity contribution < 1.29 is 14.7 Å². The third-order valence-corrected chi connectivity index (χ3v) is 8.40. The number of carbonyl (C=O) groups excluding carboxylic acids is 1. The molecule has 1 spiro atoms. The Hall–Kier alpha value is -1.93. The molecule has 2 aromatic carbocycles. The van der Waals surface area contributed by atoms with E-state index in [-0.39, 0.29) is 23.2 Å². The minimum absolute atomic E-state index is 0.0376. The van der Waals surface area contributed by atoms with Crippen LogP contribution in [0.4, 0.5) is 0 Å². The first-order valence-electron chi connectivity index (χ1n) is 10.9. The molecule has 1 heterocycles. The van der Waals surface area contributed by atoms with Crippen LogP contribution in [0, 0.1) is 20.8 Å². The monoisotopic (exact) mass is 562 g/mol. The van der Waals surface area contributed by atoms with Crippen LogP contribution >= 0.6 is 34.2 Å². The van der Waals surface area contributed by atoms with Gasteiger partial charge >= 0.3 is 5.97 Å². The van der Waals surface area contributed by atoms with Gasteiger partial charge in [0.15, 0.2) is 5.78 Å². The highest BCUT2D eigenvalue weighted by Crippen LogP contribution is 2.62. The molecule has 2 aliphatic carbocycles. The average molecular weight is 563 g/mol. The molecule has 7 heteroatoms. The van der Waals surface area contributed by atoms with Gasteiger partial charge < -0.3 is 5.11 Å². The molecule has 0 saturated heterocycles. The summed E-state index contributed by atoms with van der Waals surface area (Å²) in [5.74, 6) is -0.445. The van der Waals surface area contributed by atoms with Crippen molar-refractivity contribution in [2.24, 2.45) is 17.3 Å². The highest BCUT2D eigenvalue weighted by atomic mass is 127. The van der Waals surface area contributed by atoms with E-state index in [0.717, 1.165) is 42.1 Å². The summed E-state index contributed by atoms with van der Waals surface area (Å²) >= 11 is 8.74. The molecule has 0 amide bonds. The minimum Gasteiger partial charge on any atom is -0.481 e. The summed E-state index contributed by atoms with van der Waals surface area (Å²) in [6.07, 6.45) is 5.67. The Balaban J connectivity index is 1.38. The first-order valence-corrected chi connectivity index (χ1v) is 12.4. The van der Waals surface area contributed by atoms with E-state index in [9.17, 15) is 9.59 Å². The number of aliphatic carboxylic acids is 1. The zero-order valence-corrected chi connectivity index (χ0v) is 20.6. The predicted octanol–water partition coefficient (Wildman–Crippen LogP) is 6.37. The van der Waals surface area contributed by atoms with Gasteiger partial charge in [-0.15, -0.1) is 0 Å². The Kier molecular flexibility index (Phi) is 5.56. The Bertz CT molecular complexity index is 1210. The molecule has 1 N–H and O–H groups in total. The van der Waals surface area contributed by atoms with Crippen LogP contribution in [0.25, 0.3) is 10.9 Å². The second kappa shape index (κ2) is 8.13. The fourth-order valence-corrected chi connectivity index (χ4v) is 6.27. The zero-order valence-electron chi connectivity index (χ0n) is 17.7. The van der Waals surface area contributed by atoms with Crippen molar-refractivity contribution in [1.29, 1.82) is 0 Å². The Labute approximate surface area is 205 Å². The summed E-state index contributed by atoms with van der Waals surface area (Å²) < 4.78 is 3.07. The lowest BCUT2D eigenvalue weighted by atomic mass is 9.47. The van der Waals surface area contributed by atoms with E-state index in [4.69, 9.17) is 16.7 Å². The fraction of sp³-hybridized carbons (Fsp3) is 0.400. The van der Waals surface area contributed by atoms with E-state index in [1.807, 2.05) is 10.7 Å². The summed E-state index contributed by atoms with van der Waals surface area (Å²) in [6.45, 7) is 2.08. The number of rotatable bonds is 6. The van der Waals surface area contributed by atoms with Crippen molar-refractivity contribution >= 4 is 56.8 Å². The van der Waals surface area contributed by atoms with E-state index in [1.165, 1.54) is 3.57 Å². The van der Waals surface area contributed by atoms with Crippen LogP contribution in [0.3, 0.4) is 0 Å². The lowest BCUT2D eigenvalue weighted by molar-refractivity contribution is -0.157. The maximum absolute atomic E-state index is 13.3. The lowest BCUT2D eigenvalue weighted by Crippen LogP contribution is -2.50. The predicted molar refractivity (Wildman–Crippen MR) is 132 cm³/mol. The number of Topliss-reactive ketones (excluding diaryl/α,β-unsaturated/α-hetero) is 1. The summed E-state index contributed by atoms with van der Waals surface area (Å²) in [6, 6.07) is 11.9. The molecular formula is C25H24ClIN2O3.